The van der Waals surface area contributed by atoms with Crippen molar-refractivity contribution in [2.45, 2.75) is 6.42 Å². The lowest BCUT2D eigenvalue weighted by molar-refractivity contribution is -0.122. The van der Waals surface area contributed by atoms with Crippen LogP contribution in [0.5, 0.6) is 5.75 Å². The minimum Gasteiger partial charge on any atom is -0.482 e. The van der Waals surface area contributed by atoms with Crippen molar-refractivity contribution in [2.75, 3.05) is 57.3 Å². The number of carbonyl (C=O) groups is 2. The summed E-state index contributed by atoms with van der Waals surface area (Å²) in [7, 11) is 0. The molecular weight excluding hydrogens is 308 g/mol. The van der Waals surface area contributed by atoms with Crippen molar-refractivity contribution < 1.29 is 14.3 Å². The molecule has 0 aliphatic carbocycles. The zero-order chi connectivity index (χ0) is 16.8. The van der Waals surface area contributed by atoms with Crippen LogP contribution in [0.4, 0.5) is 5.69 Å². The average molecular weight is 332 g/mol. The molecule has 1 fully saturated rings. The molecule has 0 saturated carbocycles. The number of nitrogens with zero attached hydrogens (tertiary/aromatic N) is 2. The van der Waals surface area contributed by atoms with Crippen molar-refractivity contribution in [2.24, 2.45) is 0 Å². The molecule has 0 atom stereocenters. The maximum atomic E-state index is 12.0. The first-order valence-corrected chi connectivity index (χ1v) is 8.46. The predicted molar refractivity (Wildman–Crippen MR) is 91.2 cm³/mol. The number of rotatable bonds is 6. The van der Waals surface area contributed by atoms with Gasteiger partial charge >= 0.3 is 0 Å². The summed E-state index contributed by atoms with van der Waals surface area (Å²) >= 11 is 0. The molecule has 3 rings (SSSR count). The number of carbonyl (C=O) groups excluding carboxylic acids is 2. The Balaban J connectivity index is 1.43. The Morgan fingerprint density at radius 3 is 2.83 bits per heavy atom. The summed E-state index contributed by atoms with van der Waals surface area (Å²) in [5.74, 6) is 0.556. The zero-order valence-electron chi connectivity index (χ0n) is 13.8. The molecule has 1 aromatic rings. The minimum atomic E-state index is -0.109. The normalized spacial score (nSPS) is 18.0. The van der Waals surface area contributed by atoms with Gasteiger partial charge < -0.3 is 20.3 Å². The Morgan fingerprint density at radius 1 is 1.21 bits per heavy atom. The van der Waals surface area contributed by atoms with Gasteiger partial charge in [-0.05, 0) is 12.1 Å². The molecule has 7 nitrogen and oxygen atoms in total. The molecule has 24 heavy (non-hydrogen) atoms. The topological polar surface area (TPSA) is 73.9 Å². The van der Waals surface area contributed by atoms with Gasteiger partial charge in [-0.1, -0.05) is 12.1 Å². The first-order valence-electron chi connectivity index (χ1n) is 8.46. The number of amides is 2. The fourth-order valence-corrected chi connectivity index (χ4v) is 2.99. The molecule has 0 bridgehead atoms. The highest BCUT2D eigenvalue weighted by Gasteiger charge is 2.25. The van der Waals surface area contributed by atoms with Crippen LogP contribution in [0.15, 0.2) is 24.3 Å². The van der Waals surface area contributed by atoms with Crippen LogP contribution >= 0.6 is 0 Å². The van der Waals surface area contributed by atoms with Crippen molar-refractivity contribution in [1.29, 1.82) is 0 Å². The number of hydrogen-bond donors (Lipinski definition) is 2. The zero-order valence-corrected chi connectivity index (χ0v) is 13.8. The van der Waals surface area contributed by atoms with Gasteiger partial charge in [0, 0.05) is 52.2 Å². The van der Waals surface area contributed by atoms with E-state index in [1.54, 1.807) is 4.90 Å². The highest BCUT2D eigenvalue weighted by atomic mass is 16.5. The van der Waals surface area contributed by atoms with Gasteiger partial charge in [-0.3, -0.25) is 14.5 Å². The second-order valence-electron chi connectivity index (χ2n) is 5.99. The Labute approximate surface area is 141 Å². The number of benzene rings is 1. The molecule has 0 radical (unpaired) electrons. The minimum absolute atomic E-state index is 0.0260. The molecule has 2 heterocycles. The number of nitrogens with one attached hydrogen (secondary N) is 2. The van der Waals surface area contributed by atoms with Gasteiger partial charge in [0.05, 0.1) is 5.69 Å². The smallest absolute Gasteiger partial charge is 0.265 e. The quantitative estimate of drug-likeness (QED) is 0.756. The van der Waals surface area contributed by atoms with E-state index in [2.05, 4.69) is 15.5 Å². The lowest BCUT2D eigenvalue weighted by atomic mass is 10.2. The summed E-state index contributed by atoms with van der Waals surface area (Å²) < 4.78 is 5.40. The van der Waals surface area contributed by atoms with Crippen LogP contribution in [0.25, 0.3) is 0 Å². The molecule has 7 heteroatoms. The van der Waals surface area contributed by atoms with E-state index in [1.807, 2.05) is 24.3 Å². The van der Waals surface area contributed by atoms with Crippen molar-refractivity contribution in [1.82, 2.24) is 15.5 Å². The van der Waals surface area contributed by atoms with Crippen molar-refractivity contribution in [3.8, 4) is 5.75 Å². The Kier molecular flexibility index (Phi) is 5.66. The second kappa shape index (κ2) is 8.12. The molecule has 1 saturated heterocycles. The number of anilines is 1. The Bertz CT molecular complexity index is 587. The summed E-state index contributed by atoms with van der Waals surface area (Å²) in [6.45, 7) is 5.97. The second-order valence-corrected chi connectivity index (χ2v) is 5.99. The van der Waals surface area contributed by atoms with Crippen molar-refractivity contribution >= 4 is 17.5 Å². The number of para-hydroxylation sites is 2. The van der Waals surface area contributed by atoms with Crippen molar-refractivity contribution in [3.63, 3.8) is 0 Å². The van der Waals surface area contributed by atoms with E-state index in [9.17, 15) is 9.59 Å². The molecule has 2 amide bonds. The molecule has 2 N–H and O–H groups in total. The lowest BCUT2D eigenvalue weighted by Crippen LogP contribution is -2.46. The van der Waals surface area contributed by atoms with Crippen LogP contribution in [0.1, 0.15) is 6.42 Å². The van der Waals surface area contributed by atoms with E-state index >= 15 is 0 Å². The fourth-order valence-electron chi connectivity index (χ4n) is 2.99. The first-order chi connectivity index (χ1) is 11.7. The summed E-state index contributed by atoms with van der Waals surface area (Å²) in [5.41, 5.74) is 0.738. The van der Waals surface area contributed by atoms with Crippen LogP contribution in [-0.4, -0.2) is 69.1 Å². The van der Waals surface area contributed by atoms with Crippen LogP contribution < -0.4 is 20.3 Å². The van der Waals surface area contributed by atoms with E-state index in [1.165, 1.54) is 0 Å². The molecule has 0 unspecified atom stereocenters. The summed E-state index contributed by atoms with van der Waals surface area (Å²) in [6.07, 6.45) is 0.293. The molecule has 2 aliphatic heterocycles. The van der Waals surface area contributed by atoms with Crippen LogP contribution in [0.3, 0.4) is 0 Å². The molecule has 0 aromatic heterocycles. The monoisotopic (exact) mass is 332 g/mol. The van der Waals surface area contributed by atoms with E-state index < -0.39 is 0 Å². The van der Waals surface area contributed by atoms with Gasteiger partial charge in [-0.2, -0.15) is 0 Å². The SMILES string of the molecule is O=C(CCN1C(=O)COc2ccccc21)NCCN1CCNCC1. The van der Waals surface area contributed by atoms with E-state index in [-0.39, 0.29) is 18.4 Å². The highest BCUT2D eigenvalue weighted by Crippen LogP contribution is 2.31. The van der Waals surface area contributed by atoms with Crippen molar-refractivity contribution in [3.05, 3.63) is 24.3 Å². The van der Waals surface area contributed by atoms with E-state index in [4.69, 9.17) is 4.74 Å². The van der Waals surface area contributed by atoms with Gasteiger partial charge in [0.15, 0.2) is 6.61 Å². The van der Waals surface area contributed by atoms with Gasteiger partial charge in [0.2, 0.25) is 5.91 Å². The Hall–Kier alpha value is -2.12. The molecule has 1 aromatic carbocycles. The number of piperazine rings is 1. The largest absolute Gasteiger partial charge is 0.482 e. The molecular formula is C17H24N4O3. The standard InChI is InChI=1S/C17H24N4O3/c22-16(19-8-12-20-10-6-18-7-11-20)5-9-21-14-3-1-2-4-15(14)24-13-17(21)23/h1-4,18H,5-13H2,(H,19,22). The van der Waals surface area contributed by atoms with Gasteiger partial charge in [-0.25, -0.2) is 0 Å². The van der Waals surface area contributed by atoms with Gasteiger partial charge in [0.25, 0.3) is 5.91 Å². The lowest BCUT2D eigenvalue weighted by Gasteiger charge is -2.29. The number of ether oxygens (including phenoxy) is 1. The first kappa shape index (κ1) is 16.7. The summed E-state index contributed by atoms with van der Waals surface area (Å²) in [4.78, 5) is 28.0. The van der Waals surface area contributed by atoms with Gasteiger partial charge in [0.1, 0.15) is 5.75 Å². The summed E-state index contributed by atoms with van der Waals surface area (Å²) in [6, 6.07) is 7.41. The van der Waals surface area contributed by atoms with E-state index in [0.29, 0.717) is 25.3 Å². The maximum absolute atomic E-state index is 12.0. The maximum Gasteiger partial charge on any atom is 0.265 e. The third-order valence-electron chi connectivity index (χ3n) is 4.33. The van der Waals surface area contributed by atoms with Crippen LogP contribution in [0, 0.1) is 0 Å². The van der Waals surface area contributed by atoms with Crippen LogP contribution in [-0.2, 0) is 9.59 Å². The number of fused-ring (bicyclic) bond motifs is 1. The average Bonchev–Trinajstić information content (AvgIpc) is 2.62. The molecule has 2 aliphatic rings. The Morgan fingerprint density at radius 2 is 2.00 bits per heavy atom. The molecule has 130 valence electrons. The molecule has 0 spiro atoms. The highest BCUT2D eigenvalue weighted by molar-refractivity contribution is 5.98. The third kappa shape index (κ3) is 4.24. The van der Waals surface area contributed by atoms with E-state index in [0.717, 1.165) is 38.4 Å². The third-order valence-corrected chi connectivity index (χ3v) is 4.33. The van der Waals surface area contributed by atoms with Crippen LogP contribution in [0.2, 0.25) is 0 Å². The van der Waals surface area contributed by atoms with Gasteiger partial charge in [-0.15, -0.1) is 0 Å². The number of hydrogen-bond acceptors (Lipinski definition) is 5. The predicted octanol–water partition coefficient (Wildman–Crippen LogP) is -0.176. The fraction of sp³-hybridized carbons (Fsp3) is 0.529. The summed E-state index contributed by atoms with van der Waals surface area (Å²) in [5, 5.41) is 6.24.